The van der Waals surface area contributed by atoms with E-state index in [1.807, 2.05) is 0 Å². The Balaban J connectivity index is 2.16. The second-order valence-corrected chi connectivity index (χ2v) is 7.93. The quantitative estimate of drug-likeness (QED) is 0.796. The maximum absolute atomic E-state index is 12.4. The molecule has 1 aromatic rings. The molecule has 0 unspecified atom stereocenters. The molecule has 1 aliphatic rings. The van der Waals surface area contributed by atoms with Crippen LogP contribution in [-0.4, -0.2) is 65.3 Å². The van der Waals surface area contributed by atoms with Crippen molar-refractivity contribution in [2.24, 2.45) is 0 Å². The van der Waals surface area contributed by atoms with Crippen LogP contribution in [0.1, 0.15) is 0 Å². The molecule has 1 saturated heterocycles. The van der Waals surface area contributed by atoms with Gasteiger partial charge in [-0.25, -0.2) is 8.42 Å². The minimum absolute atomic E-state index is 0.182. The molecule has 0 aromatic heterocycles. The van der Waals surface area contributed by atoms with E-state index < -0.39 is 10.0 Å². The predicted molar refractivity (Wildman–Crippen MR) is 86.8 cm³/mol. The summed E-state index contributed by atoms with van der Waals surface area (Å²) in [4.78, 5) is 15.5. The zero-order valence-corrected chi connectivity index (χ0v) is 14.3. The Morgan fingerprint density at radius 3 is 2.55 bits per heavy atom. The standard InChI is InChI=1S/C14H20ClN3O3S/c1-16-6-8-17(9-7-16)14(19)11-18(22(2,20)21)13-5-3-4-12(15)10-13/h3-5,10H,6-9,11H2,1-2H3/p+1. The Morgan fingerprint density at radius 2 is 2.00 bits per heavy atom. The molecule has 6 nitrogen and oxygen atoms in total. The maximum atomic E-state index is 12.4. The predicted octanol–water partition coefficient (Wildman–Crippen LogP) is -0.537. The fourth-order valence-electron chi connectivity index (χ4n) is 2.39. The van der Waals surface area contributed by atoms with Gasteiger partial charge in [-0.3, -0.25) is 9.10 Å². The lowest BCUT2D eigenvalue weighted by atomic mass is 10.3. The number of hydrogen-bond donors (Lipinski definition) is 1. The summed E-state index contributed by atoms with van der Waals surface area (Å²) in [5.41, 5.74) is 0.406. The minimum atomic E-state index is -3.56. The first-order valence-electron chi connectivity index (χ1n) is 7.10. The van der Waals surface area contributed by atoms with Gasteiger partial charge in [0.05, 0.1) is 45.2 Å². The lowest BCUT2D eigenvalue weighted by molar-refractivity contribution is -0.883. The number of quaternary nitrogens is 1. The molecule has 0 aliphatic carbocycles. The molecule has 0 spiro atoms. The SMILES string of the molecule is C[NH+]1CCN(C(=O)CN(c2cccc(Cl)c2)S(C)(=O)=O)CC1. The van der Waals surface area contributed by atoms with Crippen LogP contribution in [0.5, 0.6) is 0 Å². The molecule has 8 heteroatoms. The summed E-state index contributed by atoms with van der Waals surface area (Å²) < 4.78 is 25.1. The number of nitrogens with one attached hydrogen (secondary N) is 1. The highest BCUT2D eigenvalue weighted by molar-refractivity contribution is 7.92. The molecule has 1 fully saturated rings. The van der Waals surface area contributed by atoms with E-state index in [9.17, 15) is 13.2 Å². The molecule has 0 atom stereocenters. The first-order chi connectivity index (χ1) is 10.3. The van der Waals surface area contributed by atoms with Crippen LogP contribution >= 0.6 is 11.6 Å². The smallest absolute Gasteiger partial charge is 0.243 e. The lowest BCUT2D eigenvalue weighted by Crippen LogP contribution is -3.12. The van der Waals surface area contributed by atoms with E-state index in [0.29, 0.717) is 23.8 Å². The summed E-state index contributed by atoms with van der Waals surface area (Å²) in [7, 11) is -1.48. The second-order valence-electron chi connectivity index (χ2n) is 5.59. The Bertz CT molecular complexity index is 642. The van der Waals surface area contributed by atoms with Crippen LogP contribution in [0.4, 0.5) is 5.69 Å². The fraction of sp³-hybridized carbons (Fsp3) is 0.500. The maximum Gasteiger partial charge on any atom is 0.243 e. The molecule has 1 aromatic carbocycles. The fourth-order valence-corrected chi connectivity index (χ4v) is 3.42. The van der Waals surface area contributed by atoms with Gasteiger partial charge in [-0.15, -0.1) is 0 Å². The molecule has 1 aliphatic heterocycles. The van der Waals surface area contributed by atoms with Crippen molar-refractivity contribution in [3.05, 3.63) is 29.3 Å². The Morgan fingerprint density at radius 1 is 1.36 bits per heavy atom. The van der Waals surface area contributed by atoms with Gasteiger partial charge in [0, 0.05) is 5.02 Å². The summed E-state index contributed by atoms with van der Waals surface area (Å²) in [5, 5.41) is 0.432. The Labute approximate surface area is 136 Å². The summed E-state index contributed by atoms with van der Waals surface area (Å²) in [6.45, 7) is 2.86. The van der Waals surface area contributed by atoms with Crippen molar-refractivity contribution in [3.63, 3.8) is 0 Å². The van der Waals surface area contributed by atoms with E-state index in [2.05, 4.69) is 7.05 Å². The number of halogens is 1. The van der Waals surface area contributed by atoms with Crippen molar-refractivity contribution >= 4 is 33.2 Å². The third-order valence-corrected chi connectivity index (χ3v) is 5.12. The number of carbonyl (C=O) groups is 1. The van der Waals surface area contributed by atoms with E-state index in [1.54, 1.807) is 29.2 Å². The molecule has 0 bridgehead atoms. The number of nitrogens with zero attached hydrogens (tertiary/aromatic N) is 2. The normalized spacial score (nSPS) is 16.6. The van der Waals surface area contributed by atoms with Crippen molar-refractivity contribution in [1.29, 1.82) is 0 Å². The van der Waals surface area contributed by atoms with Gasteiger partial charge in [0.2, 0.25) is 15.9 Å². The summed E-state index contributed by atoms with van der Waals surface area (Å²) in [6.07, 6.45) is 1.09. The number of benzene rings is 1. The zero-order valence-electron chi connectivity index (χ0n) is 12.8. The second kappa shape index (κ2) is 6.85. The van der Waals surface area contributed by atoms with Crippen LogP contribution < -0.4 is 9.21 Å². The van der Waals surface area contributed by atoms with E-state index in [4.69, 9.17) is 11.6 Å². The molecule has 122 valence electrons. The highest BCUT2D eigenvalue weighted by atomic mass is 35.5. The van der Waals surface area contributed by atoms with Gasteiger partial charge in [-0.2, -0.15) is 0 Å². The Hall–Kier alpha value is -1.31. The van der Waals surface area contributed by atoms with Crippen molar-refractivity contribution < 1.29 is 18.1 Å². The lowest BCUT2D eigenvalue weighted by Gasteiger charge is -2.32. The number of amides is 1. The monoisotopic (exact) mass is 346 g/mol. The number of sulfonamides is 1. The van der Waals surface area contributed by atoms with Crippen molar-refractivity contribution in [3.8, 4) is 0 Å². The van der Waals surface area contributed by atoms with Crippen LogP contribution in [0.25, 0.3) is 0 Å². The van der Waals surface area contributed by atoms with Gasteiger partial charge in [0.1, 0.15) is 6.54 Å². The van der Waals surface area contributed by atoms with Gasteiger partial charge < -0.3 is 9.80 Å². The largest absolute Gasteiger partial charge is 0.334 e. The van der Waals surface area contributed by atoms with E-state index >= 15 is 0 Å². The van der Waals surface area contributed by atoms with Crippen molar-refractivity contribution in [1.82, 2.24) is 4.90 Å². The molecule has 0 radical (unpaired) electrons. The molecule has 1 N–H and O–H groups in total. The zero-order chi connectivity index (χ0) is 16.3. The molecule has 1 amide bonds. The van der Waals surface area contributed by atoms with E-state index in [0.717, 1.165) is 23.7 Å². The van der Waals surface area contributed by atoms with Crippen LogP contribution in [0.3, 0.4) is 0 Å². The highest BCUT2D eigenvalue weighted by Crippen LogP contribution is 2.21. The molecule has 1 heterocycles. The van der Waals surface area contributed by atoms with Crippen LogP contribution in [0.15, 0.2) is 24.3 Å². The minimum Gasteiger partial charge on any atom is -0.334 e. The van der Waals surface area contributed by atoms with Crippen LogP contribution in [0, 0.1) is 0 Å². The highest BCUT2D eigenvalue weighted by Gasteiger charge is 2.26. The van der Waals surface area contributed by atoms with Crippen molar-refractivity contribution in [2.45, 2.75) is 0 Å². The topological polar surface area (TPSA) is 62.1 Å². The summed E-state index contributed by atoms with van der Waals surface area (Å²) in [5.74, 6) is -0.182. The average Bonchev–Trinajstić information content (AvgIpc) is 2.44. The third-order valence-electron chi connectivity index (χ3n) is 3.75. The average molecular weight is 347 g/mol. The number of hydrogen-bond acceptors (Lipinski definition) is 3. The number of carbonyl (C=O) groups excluding carboxylic acids is 1. The van der Waals surface area contributed by atoms with Gasteiger partial charge >= 0.3 is 0 Å². The first kappa shape index (κ1) is 17.1. The molecule has 22 heavy (non-hydrogen) atoms. The Kier molecular flexibility index (Phi) is 5.31. The molecule has 2 rings (SSSR count). The van der Waals surface area contributed by atoms with Crippen LogP contribution in [0.2, 0.25) is 5.02 Å². The summed E-state index contributed by atoms with van der Waals surface area (Å²) in [6, 6.07) is 6.51. The van der Waals surface area contributed by atoms with E-state index in [-0.39, 0.29) is 12.5 Å². The van der Waals surface area contributed by atoms with Crippen molar-refractivity contribution in [2.75, 3.05) is 50.3 Å². The number of anilines is 1. The van der Waals surface area contributed by atoms with Gasteiger partial charge in [0.25, 0.3) is 0 Å². The number of piperazine rings is 1. The first-order valence-corrected chi connectivity index (χ1v) is 9.32. The van der Waals surface area contributed by atoms with Gasteiger partial charge in [-0.1, -0.05) is 17.7 Å². The number of likely N-dealkylation sites (N-methyl/N-ethyl adjacent to an activating group) is 1. The van der Waals surface area contributed by atoms with Gasteiger partial charge in [-0.05, 0) is 18.2 Å². The van der Waals surface area contributed by atoms with Gasteiger partial charge in [0.15, 0.2) is 0 Å². The molecular formula is C14H21ClN3O3S+. The molecule has 0 saturated carbocycles. The molecular weight excluding hydrogens is 326 g/mol. The van der Waals surface area contributed by atoms with Crippen LogP contribution in [-0.2, 0) is 14.8 Å². The van der Waals surface area contributed by atoms with E-state index in [1.165, 1.54) is 4.90 Å². The summed E-state index contributed by atoms with van der Waals surface area (Å²) >= 11 is 5.92. The number of rotatable bonds is 4. The third kappa shape index (κ3) is 4.34.